The molecule has 0 saturated carbocycles. The molecule has 1 fully saturated rings. The van der Waals surface area contributed by atoms with E-state index >= 15 is 0 Å². The second-order valence-electron chi connectivity index (χ2n) is 9.30. The van der Waals surface area contributed by atoms with E-state index < -0.39 is 10.0 Å². The standard InChI is InChI=1S/C29H33ClN2O4S/c1-2-28(24-6-4-3-5-7-24)32(37(34,35)27-14-12-26(30)13-15-27)21-23-8-10-25(11-9-23)29(33)31-20-22-16-18-36-19-17-22/h3-15,22,28H,2,16-21H2,1H3,(H,31,33)/t28-/m0/s1. The Labute approximate surface area is 224 Å². The number of amides is 1. The SMILES string of the molecule is CC[C@@H](c1ccccc1)N(Cc1ccc(C(=O)NCC2CCOCC2)cc1)S(=O)(=O)c1ccc(Cl)cc1. The van der Waals surface area contributed by atoms with Crippen molar-refractivity contribution in [1.82, 2.24) is 9.62 Å². The normalized spacial score (nSPS) is 15.4. The molecular formula is C29H33ClN2O4S. The molecule has 0 bridgehead atoms. The van der Waals surface area contributed by atoms with Crippen LogP contribution in [0.25, 0.3) is 0 Å². The molecule has 0 aliphatic carbocycles. The molecule has 3 aromatic rings. The third kappa shape index (κ3) is 6.99. The average Bonchev–Trinajstić information content (AvgIpc) is 2.93. The van der Waals surface area contributed by atoms with Crippen LogP contribution in [0.1, 0.15) is 53.7 Å². The first kappa shape index (κ1) is 27.3. The first-order valence-electron chi connectivity index (χ1n) is 12.7. The van der Waals surface area contributed by atoms with Crippen LogP contribution < -0.4 is 5.32 Å². The number of benzene rings is 3. The molecule has 3 aromatic carbocycles. The number of halogens is 1. The molecule has 0 spiro atoms. The van der Waals surface area contributed by atoms with Crippen LogP contribution in [0.2, 0.25) is 5.02 Å². The number of hydrogen-bond acceptors (Lipinski definition) is 4. The Kier molecular flexibility index (Phi) is 9.38. The quantitative estimate of drug-likeness (QED) is 0.350. The molecule has 1 aliphatic heterocycles. The molecule has 37 heavy (non-hydrogen) atoms. The van der Waals surface area contributed by atoms with Crippen molar-refractivity contribution in [3.05, 3.63) is 101 Å². The van der Waals surface area contributed by atoms with Gasteiger partial charge in [-0.1, -0.05) is 61.0 Å². The number of ether oxygens (including phenoxy) is 1. The lowest BCUT2D eigenvalue weighted by Gasteiger charge is -2.31. The Bertz CT molecular complexity index is 1260. The lowest BCUT2D eigenvalue weighted by Crippen LogP contribution is -2.34. The van der Waals surface area contributed by atoms with Crippen molar-refractivity contribution in [2.24, 2.45) is 5.92 Å². The van der Waals surface area contributed by atoms with E-state index in [0.29, 0.717) is 29.5 Å². The predicted octanol–water partition coefficient (Wildman–Crippen LogP) is 5.84. The minimum absolute atomic E-state index is 0.126. The molecule has 1 atom stereocenters. The summed E-state index contributed by atoms with van der Waals surface area (Å²) in [6.45, 7) is 4.27. The van der Waals surface area contributed by atoms with Crippen LogP contribution in [-0.2, 0) is 21.3 Å². The van der Waals surface area contributed by atoms with Gasteiger partial charge in [0, 0.05) is 36.9 Å². The number of carbonyl (C=O) groups excluding carboxylic acids is 1. The summed E-state index contributed by atoms with van der Waals surface area (Å²) in [7, 11) is -3.84. The smallest absolute Gasteiger partial charge is 0.251 e. The molecule has 1 amide bonds. The van der Waals surface area contributed by atoms with Gasteiger partial charge in [-0.3, -0.25) is 4.79 Å². The highest BCUT2D eigenvalue weighted by Gasteiger charge is 2.32. The number of hydrogen-bond donors (Lipinski definition) is 1. The number of rotatable bonds is 10. The van der Waals surface area contributed by atoms with Crippen molar-refractivity contribution >= 4 is 27.5 Å². The van der Waals surface area contributed by atoms with E-state index in [0.717, 1.165) is 37.2 Å². The zero-order valence-electron chi connectivity index (χ0n) is 21.0. The van der Waals surface area contributed by atoms with Gasteiger partial charge in [0.25, 0.3) is 5.91 Å². The molecule has 196 valence electrons. The fourth-order valence-corrected chi connectivity index (χ4v) is 6.42. The van der Waals surface area contributed by atoms with Crippen LogP contribution >= 0.6 is 11.6 Å². The lowest BCUT2D eigenvalue weighted by atomic mass is 10.0. The number of carbonyl (C=O) groups is 1. The summed E-state index contributed by atoms with van der Waals surface area (Å²) in [6, 6.07) is 22.7. The van der Waals surface area contributed by atoms with E-state index in [9.17, 15) is 13.2 Å². The summed E-state index contributed by atoms with van der Waals surface area (Å²) >= 11 is 6.02. The molecule has 4 rings (SSSR count). The fraction of sp³-hybridized carbons (Fsp3) is 0.345. The number of nitrogens with one attached hydrogen (secondary N) is 1. The van der Waals surface area contributed by atoms with Crippen molar-refractivity contribution < 1.29 is 17.9 Å². The van der Waals surface area contributed by atoms with Gasteiger partial charge >= 0.3 is 0 Å². The van der Waals surface area contributed by atoms with E-state index in [1.165, 1.54) is 16.4 Å². The van der Waals surface area contributed by atoms with E-state index in [1.807, 2.05) is 49.4 Å². The maximum atomic E-state index is 13.8. The van der Waals surface area contributed by atoms with Crippen molar-refractivity contribution in [2.75, 3.05) is 19.8 Å². The molecule has 1 aliphatic rings. The minimum atomic E-state index is -3.84. The number of nitrogens with zero attached hydrogens (tertiary/aromatic N) is 1. The number of sulfonamides is 1. The van der Waals surface area contributed by atoms with E-state index in [1.54, 1.807) is 24.3 Å². The van der Waals surface area contributed by atoms with Gasteiger partial charge in [0.15, 0.2) is 0 Å². The second-order valence-corrected chi connectivity index (χ2v) is 11.6. The molecule has 0 unspecified atom stereocenters. The Hall–Kier alpha value is -2.71. The van der Waals surface area contributed by atoms with Gasteiger partial charge in [-0.2, -0.15) is 4.31 Å². The second kappa shape index (κ2) is 12.7. The molecule has 0 radical (unpaired) electrons. The summed E-state index contributed by atoms with van der Waals surface area (Å²) < 4.78 is 34.6. The topological polar surface area (TPSA) is 75.7 Å². The maximum absolute atomic E-state index is 13.8. The summed E-state index contributed by atoms with van der Waals surface area (Å²) in [5, 5.41) is 3.49. The van der Waals surface area contributed by atoms with Crippen LogP contribution in [0.5, 0.6) is 0 Å². The van der Waals surface area contributed by atoms with Crippen molar-refractivity contribution in [3.63, 3.8) is 0 Å². The van der Waals surface area contributed by atoms with Gasteiger partial charge in [0.05, 0.1) is 10.9 Å². The third-order valence-corrected chi connectivity index (χ3v) is 8.91. The van der Waals surface area contributed by atoms with Gasteiger partial charge in [-0.15, -0.1) is 0 Å². The zero-order valence-corrected chi connectivity index (χ0v) is 22.5. The van der Waals surface area contributed by atoms with Crippen LogP contribution in [-0.4, -0.2) is 38.4 Å². The Morgan fingerprint density at radius 3 is 2.27 bits per heavy atom. The van der Waals surface area contributed by atoms with Crippen LogP contribution in [0.4, 0.5) is 0 Å². The summed E-state index contributed by atoms with van der Waals surface area (Å²) in [5.41, 5.74) is 2.28. The van der Waals surface area contributed by atoms with Crippen molar-refractivity contribution in [2.45, 2.75) is 43.7 Å². The highest BCUT2D eigenvalue weighted by molar-refractivity contribution is 7.89. The minimum Gasteiger partial charge on any atom is -0.381 e. The summed E-state index contributed by atoms with van der Waals surface area (Å²) in [4.78, 5) is 12.9. The largest absolute Gasteiger partial charge is 0.381 e. The maximum Gasteiger partial charge on any atom is 0.251 e. The van der Waals surface area contributed by atoms with Gasteiger partial charge < -0.3 is 10.1 Å². The summed E-state index contributed by atoms with van der Waals surface area (Å²) in [6.07, 6.45) is 2.51. The van der Waals surface area contributed by atoms with Crippen LogP contribution in [0.3, 0.4) is 0 Å². The Morgan fingerprint density at radius 1 is 1.00 bits per heavy atom. The monoisotopic (exact) mass is 540 g/mol. The third-order valence-electron chi connectivity index (χ3n) is 6.79. The van der Waals surface area contributed by atoms with E-state index in [4.69, 9.17) is 16.3 Å². The molecule has 1 N–H and O–H groups in total. The fourth-order valence-electron chi connectivity index (χ4n) is 4.62. The van der Waals surface area contributed by atoms with Gasteiger partial charge in [0.2, 0.25) is 10.0 Å². The molecule has 0 aromatic heterocycles. The lowest BCUT2D eigenvalue weighted by molar-refractivity contribution is 0.0642. The molecule has 1 saturated heterocycles. The molecule has 6 nitrogen and oxygen atoms in total. The molecule has 1 heterocycles. The zero-order chi connectivity index (χ0) is 26.3. The van der Waals surface area contributed by atoms with Crippen molar-refractivity contribution in [1.29, 1.82) is 0 Å². The van der Waals surface area contributed by atoms with Crippen LogP contribution in [0.15, 0.2) is 83.8 Å². The highest BCUT2D eigenvalue weighted by Crippen LogP contribution is 2.32. The van der Waals surface area contributed by atoms with Crippen LogP contribution in [0, 0.1) is 5.92 Å². The first-order chi connectivity index (χ1) is 17.9. The first-order valence-corrected chi connectivity index (χ1v) is 14.5. The average molecular weight is 541 g/mol. The van der Waals surface area contributed by atoms with Gasteiger partial charge in [0.1, 0.15) is 0 Å². The Morgan fingerprint density at radius 2 is 1.65 bits per heavy atom. The van der Waals surface area contributed by atoms with Gasteiger partial charge in [-0.25, -0.2) is 8.42 Å². The predicted molar refractivity (Wildman–Crippen MR) is 146 cm³/mol. The Balaban J connectivity index is 1.55. The van der Waals surface area contributed by atoms with Gasteiger partial charge in [-0.05, 0) is 72.7 Å². The highest BCUT2D eigenvalue weighted by atomic mass is 35.5. The van der Waals surface area contributed by atoms with Crippen molar-refractivity contribution in [3.8, 4) is 0 Å². The molecule has 8 heteroatoms. The molecular weight excluding hydrogens is 508 g/mol. The summed E-state index contributed by atoms with van der Waals surface area (Å²) in [5.74, 6) is 0.312. The van der Waals surface area contributed by atoms with E-state index in [2.05, 4.69) is 5.32 Å². The van der Waals surface area contributed by atoms with E-state index in [-0.39, 0.29) is 23.4 Å².